The number of nitrogens with zero attached hydrogens (tertiary/aromatic N) is 1. The highest BCUT2D eigenvalue weighted by molar-refractivity contribution is 6.18. The van der Waals surface area contributed by atoms with Crippen molar-refractivity contribution >= 4 is 34.8 Å². The van der Waals surface area contributed by atoms with Gasteiger partial charge in [0.05, 0.1) is 16.5 Å². The van der Waals surface area contributed by atoms with Crippen LogP contribution in [0.15, 0.2) is 18.2 Å². The molecule has 0 aliphatic rings. The number of ether oxygens (including phenoxy) is 1. The summed E-state index contributed by atoms with van der Waals surface area (Å²) in [6.07, 6.45) is -0.732. The van der Waals surface area contributed by atoms with E-state index in [1.54, 1.807) is 0 Å². The maximum absolute atomic E-state index is 11.1. The second-order valence-corrected chi connectivity index (χ2v) is 3.36. The minimum absolute atomic E-state index is 0.0228. The minimum atomic E-state index is -0.732. The van der Waals surface area contributed by atoms with Crippen LogP contribution in [-0.2, 0) is 4.74 Å². The summed E-state index contributed by atoms with van der Waals surface area (Å²) in [5, 5.41) is 12.9. The van der Waals surface area contributed by atoms with Gasteiger partial charge in [-0.05, 0) is 12.1 Å². The molecular weight excluding hydrogens is 250 g/mol. The fourth-order valence-corrected chi connectivity index (χ4v) is 1.14. The molecule has 7 nitrogen and oxygen atoms in total. The van der Waals surface area contributed by atoms with Crippen LogP contribution in [0.2, 0.25) is 0 Å². The highest BCUT2D eigenvalue weighted by Crippen LogP contribution is 2.24. The first-order chi connectivity index (χ1) is 8.04. The largest absolute Gasteiger partial charge is 0.448 e. The van der Waals surface area contributed by atoms with Crippen LogP contribution in [0, 0.1) is 10.1 Å². The third kappa shape index (κ3) is 3.80. The first-order valence-electron chi connectivity index (χ1n) is 4.58. The Labute approximate surface area is 102 Å². The molecule has 0 heterocycles. The Kier molecular flexibility index (Phi) is 4.53. The molecule has 1 aromatic carbocycles. The van der Waals surface area contributed by atoms with E-state index in [2.05, 4.69) is 10.1 Å². The number of nitro benzene ring substituents is 1. The van der Waals surface area contributed by atoms with E-state index in [4.69, 9.17) is 17.3 Å². The smallest absolute Gasteiger partial charge is 0.411 e. The Bertz CT molecular complexity index is 438. The molecule has 0 aliphatic carbocycles. The molecule has 8 heteroatoms. The van der Waals surface area contributed by atoms with Gasteiger partial charge in [-0.15, -0.1) is 11.6 Å². The summed E-state index contributed by atoms with van der Waals surface area (Å²) in [5.41, 5.74) is 5.37. The van der Waals surface area contributed by atoms with Crippen molar-refractivity contribution < 1.29 is 14.5 Å². The molecule has 0 spiro atoms. The summed E-state index contributed by atoms with van der Waals surface area (Å²) in [6.45, 7) is 0.0600. The molecule has 0 saturated heterocycles. The number of carbonyl (C=O) groups excluding carboxylic acids is 1. The summed E-state index contributed by atoms with van der Waals surface area (Å²) < 4.78 is 4.64. The summed E-state index contributed by atoms with van der Waals surface area (Å²) in [4.78, 5) is 21.1. The van der Waals surface area contributed by atoms with Crippen LogP contribution in [0.25, 0.3) is 0 Å². The SMILES string of the molecule is Nc1ccc(NC(=O)OCCCl)cc1[N+](=O)[O-]. The Morgan fingerprint density at radius 2 is 2.29 bits per heavy atom. The Morgan fingerprint density at radius 1 is 1.59 bits per heavy atom. The zero-order chi connectivity index (χ0) is 12.8. The summed E-state index contributed by atoms with van der Waals surface area (Å²) in [5.74, 6) is 0.176. The van der Waals surface area contributed by atoms with E-state index >= 15 is 0 Å². The highest BCUT2D eigenvalue weighted by Gasteiger charge is 2.13. The number of nitrogens with one attached hydrogen (secondary N) is 1. The van der Waals surface area contributed by atoms with Gasteiger partial charge in [0.25, 0.3) is 5.69 Å². The van der Waals surface area contributed by atoms with Crippen molar-refractivity contribution in [3.63, 3.8) is 0 Å². The molecule has 0 atom stereocenters. The van der Waals surface area contributed by atoms with E-state index in [1.165, 1.54) is 12.1 Å². The lowest BCUT2D eigenvalue weighted by atomic mass is 10.2. The van der Waals surface area contributed by atoms with Crippen molar-refractivity contribution in [1.82, 2.24) is 0 Å². The van der Waals surface area contributed by atoms with Gasteiger partial charge in [0.2, 0.25) is 0 Å². The van der Waals surface area contributed by atoms with Crippen molar-refractivity contribution in [2.75, 3.05) is 23.5 Å². The second kappa shape index (κ2) is 5.90. The van der Waals surface area contributed by atoms with E-state index in [0.29, 0.717) is 0 Å². The number of hydrogen-bond donors (Lipinski definition) is 2. The Hall–Kier alpha value is -2.02. The van der Waals surface area contributed by atoms with Crippen molar-refractivity contribution in [3.05, 3.63) is 28.3 Å². The van der Waals surface area contributed by atoms with Crippen molar-refractivity contribution in [2.45, 2.75) is 0 Å². The number of benzene rings is 1. The average Bonchev–Trinajstić information content (AvgIpc) is 2.28. The number of rotatable bonds is 4. The topological polar surface area (TPSA) is 107 Å². The maximum Gasteiger partial charge on any atom is 0.411 e. The molecule has 1 aromatic rings. The van der Waals surface area contributed by atoms with Crippen LogP contribution < -0.4 is 11.1 Å². The molecule has 0 radical (unpaired) electrons. The summed E-state index contributed by atoms with van der Waals surface area (Å²) in [7, 11) is 0. The van der Waals surface area contributed by atoms with Gasteiger partial charge in [-0.1, -0.05) is 0 Å². The number of carbonyl (C=O) groups is 1. The van der Waals surface area contributed by atoms with Crippen LogP contribution in [-0.4, -0.2) is 23.5 Å². The number of halogens is 1. The number of anilines is 2. The average molecular weight is 260 g/mol. The van der Waals surface area contributed by atoms with Gasteiger partial charge in [-0.3, -0.25) is 15.4 Å². The number of alkyl halides is 1. The molecule has 1 amide bonds. The molecule has 0 bridgehead atoms. The van der Waals surface area contributed by atoms with Gasteiger partial charge in [0, 0.05) is 6.07 Å². The first-order valence-corrected chi connectivity index (χ1v) is 5.11. The monoisotopic (exact) mass is 259 g/mol. The number of hydrogen-bond acceptors (Lipinski definition) is 5. The van der Waals surface area contributed by atoms with Crippen LogP contribution in [0.3, 0.4) is 0 Å². The second-order valence-electron chi connectivity index (χ2n) is 2.98. The van der Waals surface area contributed by atoms with E-state index in [0.717, 1.165) is 6.07 Å². The molecule has 0 saturated carbocycles. The molecule has 0 aliphatic heterocycles. The lowest BCUT2D eigenvalue weighted by Gasteiger charge is -2.06. The third-order valence-electron chi connectivity index (χ3n) is 1.78. The summed E-state index contributed by atoms with van der Waals surface area (Å²) >= 11 is 5.33. The van der Waals surface area contributed by atoms with E-state index < -0.39 is 11.0 Å². The quantitative estimate of drug-likeness (QED) is 0.372. The first kappa shape index (κ1) is 13.0. The van der Waals surface area contributed by atoms with Crippen molar-refractivity contribution in [2.24, 2.45) is 0 Å². The fraction of sp³-hybridized carbons (Fsp3) is 0.222. The van der Waals surface area contributed by atoms with Gasteiger partial charge < -0.3 is 10.5 Å². The number of nitrogen functional groups attached to an aromatic ring is 1. The normalized spacial score (nSPS) is 9.71. The molecule has 1 rings (SSSR count). The van der Waals surface area contributed by atoms with Crippen LogP contribution >= 0.6 is 11.6 Å². The molecule has 92 valence electrons. The predicted molar refractivity (Wildman–Crippen MR) is 63.2 cm³/mol. The Balaban J connectivity index is 2.75. The van der Waals surface area contributed by atoms with Crippen molar-refractivity contribution in [1.29, 1.82) is 0 Å². The van der Waals surface area contributed by atoms with Gasteiger partial charge in [0.1, 0.15) is 12.3 Å². The standard InChI is InChI=1S/C9H10ClN3O4/c10-3-4-17-9(14)12-6-1-2-7(11)8(5-6)13(15)16/h1-2,5H,3-4,11H2,(H,12,14). The van der Waals surface area contributed by atoms with Gasteiger partial charge in [0.15, 0.2) is 0 Å². The summed E-state index contributed by atoms with van der Waals surface area (Å²) in [6, 6.07) is 3.91. The molecule has 3 N–H and O–H groups in total. The minimum Gasteiger partial charge on any atom is -0.448 e. The highest BCUT2D eigenvalue weighted by atomic mass is 35.5. The van der Waals surface area contributed by atoms with Gasteiger partial charge in [-0.2, -0.15) is 0 Å². The Morgan fingerprint density at radius 3 is 2.88 bits per heavy atom. The van der Waals surface area contributed by atoms with Gasteiger partial charge in [-0.25, -0.2) is 4.79 Å². The van der Waals surface area contributed by atoms with E-state index in [9.17, 15) is 14.9 Å². The number of nitrogens with two attached hydrogens (primary N) is 1. The molecule has 17 heavy (non-hydrogen) atoms. The molecule has 0 aromatic heterocycles. The molecular formula is C9H10ClN3O4. The third-order valence-corrected chi connectivity index (χ3v) is 1.94. The van der Waals surface area contributed by atoms with E-state index in [-0.39, 0.29) is 29.5 Å². The predicted octanol–water partition coefficient (Wildman–Crippen LogP) is 1.96. The van der Waals surface area contributed by atoms with Gasteiger partial charge >= 0.3 is 6.09 Å². The molecule has 0 fully saturated rings. The van der Waals surface area contributed by atoms with Crippen molar-refractivity contribution in [3.8, 4) is 0 Å². The number of amides is 1. The number of nitro groups is 1. The van der Waals surface area contributed by atoms with Crippen LogP contribution in [0.1, 0.15) is 0 Å². The molecule has 0 unspecified atom stereocenters. The van der Waals surface area contributed by atoms with E-state index in [1.807, 2.05) is 0 Å². The lowest BCUT2D eigenvalue weighted by molar-refractivity contribution is -0.383. The van der Waals surface area contributed by atoms with Crippen LogP contribution in [0.5, 0.6) is 0 Å². The lowest BCUT2D eigenvalue weighted by Crippen LogP contribution is -2.15. The zero-order valence-electron chi connectivity index (χ0n) is 8.68. The van der Waals surface area contributed by atoms with Crippen LogP contribution in [0.4, 0.5) is 21.9 Å². The maximum atomic E-state index is 11.1. The zero-order valence-corrected chi connectivity index (χ0v) is 9.44. The fourth-order valence-electron chi connectivity index (χ4n) is 1.06.